The van der Waals surface area contributed by atoms with E-state index in [1.54, 1.807) is 84.9 Å². The first-order valence-electron chi connectivity index (χ1n) is 11.8. The molecule has 6 aromatic rings. The molecule has 0 aliphatic carbocycles. The summed E-state index contributed by atoms with van der Waals surface area (Å²) in [6, 6.07) is 28.9. The van der Waals surface area contributed by atoms with Gasteiger partial charge in [0.15, 0.2) is 0 Å². The molecule has 2 heterocycles. The quantitative estimate of drug-likeness (QED) is 0.266. The maximum atomic E-state index is 13.3. The number of hydrogen-bond donors (Lipinski definition) is 2. The topological polar surface area (TPSA) is 110 Å². The van der Waals surface area contributed by atoms with Crippen LogP contribution >= 0.6 is 0 Å². The number of para-hydroxylation sites is 3. The Bertz CT molecular complexity index is 1820. The highest BCUT2D eigenvalue weighted by Gasteiger charge is 2.32. The summed E-state index contributed by atoms with van der Waals surface area (Å²) in [5.41, 5.74) is -1.35. The minimum atomic E-state index is -1.24. The molecule has 7 nitrogen and oxygen atoms in total. The fourth-order valence-electron chi connectivity index (χ4n) is 4.66. The van der Waals surface area contributed by atoms with Crippen LogP contribution in [-0.2, 0) is 0 Å². The highest BCUT2D eigenvalue weighted by Crippen LogP contribution is 2.42. The fraction of sp³-hybridized carbons (Fsp3) is 0.0323. The third kappa shape index (κ3) is 3.96. The van der Waals surface area contributed by atoms with Crippen molar-refractivity contribution in [2.45, 2.75) is 5.92 Å². The van der Waals surface area contributed by atoms with Crippen molar-refractivity contribution in [3.05, 3.63) is 141 Å². The van der Waals surface area contributed by atoms with Gasteiger partial charge in [0.2, 0.25) is 0 Å². The maximum absolute atomic E-state index is 13.3. The number of benzene rings is 4. The van der Waals surface area contributed by atoms with E-state index in [2.05, 4.69) is 0 Å². The molecule has 0 unspecified atom stereocenters. The van der Waals surface area contributed by atoms with Gasteiger partial charge in [-0.05, 0) is 54.1 Å². The average molecular weight is 504 g/mol. The molecule has 0 atom stereocenters. The van der Waals surface area contributed by atoms with Crippen molar-refractivity contribution < 1.29 is 23.8 Å². The molecule has 0 saturated heterocycles. The van der Waals surface area contributed by atoms with Crippen LogP contribution in [0.2, 0.25) is 0 Å². The van der Waals surface area contributed by atoms with Crippen LogP contribution in [0, 0.1) is 0 Å². The van der Waals surface area contributed by atoms with Crippen molar-refractivity contribution in [1.82, 2.24) is 0 Å². The lowest BCUT2D eigenvalue weighted by Crippen LogP contribution is -2.21. The molecule has 0 radical (unpaired) electrons. The molecule has 0 amide bonds. The first-order valence-corrected chi connectivity index (χ1v) is 11.8. The van der Waals surface area contributed by atoms with E-state index in [-0.39, 0.29) is 44.6 Å². The van der Waals surface area contributed by atoms with Crippen molar-refractivity contribution >= 4 is 21.9 Å². The second kappa shape index (κ2) is 9.29. The van der Waals surface area contributed by atoms with E-state index in [0.717, 1.165) is 0 Å². The second-order valence-corrected chi connectivity index (χ2v) is 8.72. The van der Waals surface area contributed by atoms with E-state index >= 15 is 0 Å². The molecule has 38 heavy (non-hydrogen) atoms. The Balaban J connectivity index is 1.64. The van der Waals surface area contributed by atoms with Crippen LogP contribution in [0.1, 0.15) is 22.6 Å². The minimum Gasteiger partial charge on any atom is -0.507 e. The van der Waals surface area contributed by atoms with Gasteiger partial charge in [-0.25, -0.2) is 9.59 Å². The molecule has 2 aromatic heterocycles. The summed E-state index contributed by atoms with van der Waals surface area (Å²) in [6.45, 7) is 0. The molecule has 186 valence electrons. The third-order valence-corrected chi connectivity index (χ3v) is 6.39. The summed E-state index contributed by atoms with van der Waals surface area (Å²) in [7, 11) is 0. The Hall–Kier alpha value is -5.30. The van der Waals surface area contributed by atoms with Crippen LogP contribution in [0.25, 0.3) is 21.9 Å². The van der Waals surface area contributed by atoms with E-state index in [1.807, 2.05) is 18.2 Å². The molecule has 6 rings (SSSR count). The smallest absolute Gasteiger partial charge is 0.344 e. The van der Waals surface area contributed by atoms with E-state index in [1.165, 1.54) is 0 Å². The molecular formula is C31H20O7. The van der Waals surface area contributed by atoms with Crippen LogP contribution in [0.5, 0.6) is 23.0 Å². The van der Waals surface area contributed by atoms with Crippen LogP contribution in [0.4, 0.5) is 0 Å². The lowest BCUT2D eigenvalue weighted by Gasteiger charge is -2.20. The van der Waals surface area contributed by atoms with Crippen LogP contribution in [0.15, 0.2) is 122 Å². The molecule has 0 spiro atoms. The van der Waals surface area contributed by atoms with Crippen LogP contribution in [-0.4, -0.2) is 10.2 Å². The number of rotatable bonds is 5. The van der Waals surface area contributed by atoms with Gasteiger partial charge in [0, 0.05) is 0 Å². The number of aromatic hydroxyl groups is 2. The van der Waals surface area contributed by atoms with E-state index in [0.29, 0.717) is 17.1 Å². The van der Waals surface area contributed by atoms with Gasteiger partial charge in [-0.3, -0.25) is 0 Å². The minimum absolute atomic E-state index is 0.188. The van der Waals surface area contributed by atoms with Crippen LogP contribution < -0.4 is 16.0 Å². The maximum Gasteiger partial charge on any atom is 0.344 e. The summed E-state index contributed by atoms with van der Waals surface area (Å²) in [4.78, 5) is 26.7. The highest BCUT2D eigenvalue weighted by atomic mass is 16.5. The lowest BCUT2D eigenvalue weighted by molar-refractivity contribution is 0.441. The number of ether oxygens (including phenoxy) is 1. The zero-order valence-corrected chi connectivity index (χ0v) is 19.8. The fourth-order valence-corrected chi connectivity index (χ4v) is 4.66. The standard InChI is InChI=1S/C31H20O7/c32-28-21-13-4-6-15-23(21)37-30(34)26(28)25(27-29(33)22-14-5-7-16-24(22)38-31(27)35)18-9-8-12-20(17-18)36-19-10-2-1-3-11-19/h1-17,25,32-33H. The van der Waals surface area contributed by atoms with Gasteiger partial charge in [-0.15, -0.1) is 0 Å². The van der Waals surface area contributed by atoms with Gasteiger partial charge in [0.05, 0.1) is 27.8 Å². The van der Waals surface area contributed by atoms with E-state index in [9.17, 15) is 19.8 Å². The van der Waals surface area contributed by atoms with Gasteiger partial charge in [-0.1, -0.05) is 54.6 Å². The Kier molecular flexibility index (Phi) is 5.65. The van der Waals surface area contributed by atoms with Gasteiger partial charge >= 0.3 is 11.3 Å². The van der Waals surface area contributed by atoms with Crippen molar-refractivity contribution in [3.8, 4) is 23.0 Å². The summed E-state index contributed by atoms with van der Waals surface area (Å²) in [5, 5.41) is 23.2. The Morgan fingerprint density at radius 1 is 0.579 bits per heavy atom. The zero-order chi connectivity index (χ0) is 26.2. The van der Waals surface area contributed by atoms with Gasteiger partial charge in [-0.2, -0.15) is 0 Å². The first kappa shape index (κ1) is 23.1. The average Bonchev–Trinajstić information content (AvgIpc) is 2.93. The third-order valence-electron chi connectivity index (χ3n) is 6.39. The SMILES string of the molecule is O=c1oc2ccccc2c(O)c1C(c1cccc(Oc2ccccc2)c1)c1c(O)c2ccccc2oc1=O. The van der Waals surface area contributed by atoms with Gasteiger partial charge in [0.1, 0.15) is 34.2 Å². The Morgan fingerprint density at radius 3 is 1.66 bits per heavy atom. The predicted molar refractivity (Wildman–Crippen MR) is 142 cm³/mol. The van der Waals surface area contributed by atoms with Crippen molar-refractivity contribution in [2.75, 3.05) is 0 Å². The molecule has 7 heteroatoms. The normalized spacial score (nSPS) is 11.3. The summed E-state index contributed by atoms with van der Waals surface area (Å²) >= 11 is 0. The largest absolute Gasteiger partial charge is 0.507 e. The molecule has 0 bridgehead atoms. The van der Waals surface area contributed by atoms with E-state index in [4.69, 9.17) is 13.6 Å². The first-order chi connectivity index (χ1) is 18.5. The van der Waals surface area contributed by atoms with Crippen molar-refractivity contribution in [3.63, 3.8) is 0 Å². The van der Waals surface area contributed by atoms with Crippen molar-refractivity contribution in [2.24, 2.45) is 0 Å². The predicted octanol–water partition coefficient (Wildman–Crippen LogP) is 6.28. The molecule has 0 fully saturated rings. The van der Waals surface area contributed by atoms with E-state index < -0.39 is 17.2 Å². The summed E-state index contributed by atoms with van der Waals surface area (Å²) in [6.07, 6.45) is 0. The number of hydrogen-bond acceptors (Lipinski definition) is 7. The molecule has 2 N–H and O–H groups in total. The molecular weight excluding hydrogens is 484 g/mol. The second-order valence-electron chi connectivity index (χ2n) is 8.72. The van der Waals surface area contributed by atoms with Crippen molar-refractivity contribution in [1.29, 1.82) is 0 Å². The number of fused-ring (bicyclic) bond motifs is 2. The molecule has 0 aliphatic rings. The highest BCUT2D eigenvalue weighted by molar-refractivity contribution is 5.87. The summed E-state index contributed by atoms with van der Waals surface area (Å²) in [5.74, 6) is -0.946. The molecule has 0 saturated carbocycles. The monoisotopic (exact) mass is 504 g/mol. The van der Waals surface area contributed by atoms with Crippen LogP contribution in [0.3, 0.4) is 0 Å². The Morgan fingerprint density at radius 2 is 1.08 bits per heavy atom. The lowest BCUT2D eigenvalue weighted by atomic mass is 9.84. The summed E-state index contributed by atoms with van der Waals surface area (Å²) < 4.78 is 17.0. The Labute approximate surface area is 215 Å². The van der Waals surface area contributed by atoms with Gasteiger partial charge in [0.25, 0.3) is 0 Å². The zero-order valence-electron chi connectivity index (χ0n) is 19.8. The molecule has 4 aromatic carbocycles. The molecule has 0 aliphatic heterocycles. The van der Waals surface area contributed by atoms with Gasteiger partial charge < -0.3 is 23.8 Å².